The van der Waals surface area contributed by atoms with Gasteiger partial charge in [-0.05, 0) is 42.9 Å². The Morgan fingerprint density at radius 2 is 1.91 bits per heavy atom. The van der Waals surface area contributed by atoms with Gasteiger partial charge in [0.15, 0.2) is 5.96 Å². The molecule has 1 aromatic carbocycles. The molecule has 1 aliphatic rings. The molecule has 22 heavy (non-hydrogen) atoms. The van der Waals surface area contributed by atoms with Crippen molar-refractivity contribution in [2.45, 2.75) is 30.6 Å². The van der Waals surface area contributed by atoms with Crippen LogP contribution in [0.2, 0.25) is 0 Å². The molecular formula is C14H23IN4O2S. The van der Waals surface area contributed by atoms with E-state index in [1.165, 1.54) is 31.4 Å². The number of benzene rings is 1. The van der Waals surface area contributed by atoms with Gasteiger partial charge in [0.1, 0.15) is 0 Å². The molecule has 2 rings (SSSR count). The largest absolute Gasteiger partial charge is 0.370 e. The summed E-state index contributed by atoms with van der Waals surface area (Å²) < 4.78 is 22.3. The van der Waals surface area contributed by atoms with E-state index in [2.05, 4.69) is 10.3 Å². The van der Waals surface area contributed by atoms with Crippen LogP contribution in [0, 0.1) is 5.92 Å². The lowest BCUT2D eigenvalue weighted by molar-refractivity contribution is 0.326. The van der Waals surface area contributed by atoms with Gasteiger partial charge in [-0.25, -0.2) is 13.6 Å². The number of rotatable bonds is 6. The Morgan fingerprint density at radius 1 is 1.27 bits per heavy atom. The summed E-state index contributed by atoms with van der Waals surface area (Å²) in [5, 5.41) is 8.11. The SMILES string of the molecule is I.NC(=NCC1CCC1)NCCc1ccc(S(N)(=O)=O)cc1. The van der Waals surface area contributed by atoms with Crippen molar-refractivity contribution in [1.82, 2.24) is 5.32 Å². The van der Waals surface area contributed by atoms with Crippen molar-refractivity contribution in [1.29, 1.82) is 0 Å². The van der Waals surface area contributed by atoms with Crippen LogP contribution < -0.4 is 16.2 Å². The first-order chi connectivity index (χ1) is 9.95. The summed E-state index contributed by atoms with van der Waals surface area (Å²) in [6.07, 6.45) is 4.56. The van der Waals surface area contributed by atoms with Crippen LogP contribution in [0.1, 0.15) is 24.8 Å². The van der Waals surface area contributed by atoms with Crippen LogP contribution in [0.4, 0.5) is 0 Å². The van der Waals surface area contributed by atoms with Crippen molar-refractivity contribution in [3.8, 4) is 0 Å². The van der Waals surface area contributed by atoms with Gasteiger partial charge in [0.2, 0.25) is 10.0 Å². The fraction of sp³-hybridized carbons (Fsp3) is 0.500. The van der Waals surface area contributed by atoms with Crippen molar-refractivity contribution in [3.05, 3.63) is 29.8 Å². The molecule has 0 unspecified atom stereocenters. The normalized spacial score (nSPS) is 15.8. The number of sulfonamides is 1. The number of aliphatic imine (C=N–C) groups is 1. The minimum absolute atomic E-state index is 0. The molecule has 1 saturated carbocycles. The third kappa shape index (κ3) is 6.09. The number of nitrogens with two attached hydrogens (primary N) is 2. The lowest BCUT2D eigenvalue weighted by Crippen LogP contribution is -2.34. The average Bonchev–Trinajstić information content (AvgIpc) is 2.36. The Balaban J connectivity index is 0.00000242. The summed E-state index contributed by atoms with van der Waals surface area (Å²) >= 11 is 0. The number of hydrogen-bond acceptors (Lipinski definition) is 3. The molecule has 5 N–H and O–H groups in total. The number of nitrogens with zero attached hydrogens (tertiary/aromatic N) is 1. The van der Waals surface area contributed by atoms with E-state index in [-0.39, 0.29) is 28.9 Å². The summed E-state index contributed by atoms with van der Waals surface area (Å²) in [6.45, 7) is 1.47. The maximum absolute atomic E-state index is 11.1. The molecule has 0 spiro atoms. The molecule has 0 aromatic heterocycles. The maximum Gasteiger partial charge on any atom is 0.238 e. The summed E-state index contributed by atoms with van der Waals surface area (Å²) in [4.78, 5) is 4.44. The molecule has 0 bridgehead atoms. The number of primary sulfonamides is 1. The molecule has 0 radical (unpaired) electrons. The van der Waals surface area contributed by atoms with Gasteiger partial charge in [-0.1, -0.05) is 18.6 Å². The fourth-order valence-electron chi connectivity index (χ4n) is 2.14. The second-order valence-corrected chi connectivity index (χ2v) is 6.95. The molecule has 0 heterocycles. The van der Waals surface area contributed by atoms with E-state index >= 15 is 0 Å². The lowest BCUT2D eigenvalue weighted by atomic mass is 9.86. The zero-order valence-electron chi connectivity index (χ0n) is 12.4. The number of guanidine groups is 1. The number of hydrogen-bond donors (Lipinski definition) is 3. The molecule has 1 fully saturated rings. The number of halogens is 1. The van der Waals surface area contributed by atoms with E-state index in [0.717, 1.165) is 18.5 Å². The van der Waals surface area contributed by atoms with Gasteiger partial charge < -0.3 is 11.1 Å². The second kappa shape index (κ2) is 8.68. The van der Waals surface area contributed by atoms with Crippen LogP contribution >= 0.6 is 24.0 Å². The van der Waals surface area contributed by atoms with Gasteiger partial charge in [0.25, 0.3) is 0 Å². The molecule has 124 valence electrons. The van der Waals surface area contributed by atoms with Crippen molar-refractivity contribution < 1.29 is 8.42 Å². The van der Waals surface area contributed by atoms with Crippen molar-refractivity contribution in [2.24, 2.45) is 21.8 Å². The molecule has 1 aliphatic carbocycles. The molecule has 1 aromatic rings. The molecular weight excluding hydrogens is 415 g/mol. The minimum Gasteiger partial charge on any atom is -0.370 e. The van der Waals surface area contributed by atoms with Crippen LogP contribution in [0.3, 0.4) is 0 Å². The zero-order chi connectivity index (χ0) is 15.3. The van der Waals surface area contributed by atoms with Crippen LogP contribution in [0.5, 0.6) is 0 Å². The highest BCUT2D eigenvalue weighted by Crippen LogP contribution is 2.26. The summed E-state index contributed by atoms with van der Waals surface area (Å²) in [5.74, 6) is 1.18. The highest BCUT2D eigenvalue weighted by Gasteiger charge is 2.16. The smallest absolute Gasteiger partial charge is 0.238 e. The van der Waals surface area contributed by atoms with Crippen LogP contribution in [0.25, 0.3) is 0 Å². The molecule has 0 amide bonds. The van der Waals surface area contributed by atoms with Crippen molar-refractivity contribution in [2.75, 3.05) is 13.1 Å². The van der Waals surface area contributed by atoms with Gasteiger partial charge in [0, 0.05) is 13.1 Å². The standard InChI is InChI=1S/C14H22N4O2S.HI/c15-14(18-10-12-2-1-3-12)17-9-8-11-4-6-13(7-5-11)21(16,19)20;/h4-7,12H,1-3,8-10H2,(H3,15,17,18)(H2,16,19,20);1H. The number of nitrogens with one attached hydrogen (secondary N) is 1. The lowest BCUT2D eigenvalue weighted by Gasteiger charge is -2.23. The third-order valence-electron chi connectivity index (χ3n) is 3.72. The maximum atomic E-state index is 11.1. The van der Waals surface area contributed by atoms with Gasteiger partial charge in [-0.2, -0.15) is 0 Å². The Bertz CT molecular complexity index is 598. The van der Waals surface area contributed by atoms with Gasteiger partial charge in [-0.3, -0.25) is 4.99 Å². The molecule has 8 heteroatoms. The van der Waals surface area contributed by atoms with Gasteiger partial charge >= 0.3 is 0 Å². The fourth-order valence-corrected chi connectivity index (χ4v) is 2.65. The first-order valence-electron chi connectivity index (χ1n) is 7.10. The third-order valence-corrected chi connectivity index (χ3v) is 4.65. The Morgan fingerprint density at radius 3 is 2.41 bits per heavy atom. The predicted octanol–water partition coefficient (Wildman–Crippen LogP) is 1.20. The van der Waals surface area contributed by atoms with E-state index in [4.69, 9.17) is 10.9 Å². The summed E-state index contributed by atoms with van der Waals surface area (Å²) in [6, 6.07) is 6.53. The van der Waals surface area contributed by atoms with E-state index < -0.39 is 10.0 Å². The van der Waals surface area contributed by atoms with Gasteiger partial charge in [0.05, 0.1) is 4.90 Å². The Kier molecular flexibility index (Phi) is 7.57. The average molecular weight is 438 g/mol. The highest BCUT2D eigenvalue weighted by molar-refractivity contribution is 14.0. The van der Waals surface area contributed by atoms with Crippen LogP contribution in [-0.4, -0.2) is 27.5 Å². The Labute approximate surface area is 148 Å². The van der Waals surface area contributed by atoms with E-state index in [0.29, 0.717) is 18.4 Å². The van der Waals surface area contributed by atoms with Crippen LogP contribution in [0.15, 0.2) is 34.2 Å². The van der Waals surface area contributed by atoms with E-state index in [1.54, 1.807) is 12.1 Å². The molecule has 6 nitrogen and oxygen atoms in total. The topological polar surface area (TPSA) is 111 Å². The van der Waals surface area contributed by atoms with Crippen molar-refractivity contribution >= 4 is 40.0 Å². The zero-order valence-corrected chi connectivity index (χ0v) is 15.5. The van der Waals surface area contributed by atoms with E-state index in [1.807, 2.05) is 0 Å². The molecule has 0 saturated heterocycles. The second-order valence-electron chi connectivity index (χ2n) is 5.39. The summed E-state index contributed by atoms with van der Waals surface area (Å²) in [5.41, 5.74) is 6.80. The quantitative estimate of drug-likeness (QED) is 0.352. The summed E-state index contributed by atoms with van der Waals surface area (Å²) in [7, 11) is -3.62. The van der Waals surface area contributed by atoms with Gasteiger partial charge in [-0.15, -0.1) is 24.0 Å². The first-order valence-corrected chi connectivity index (χ1v) is 8.65. The predicted molar refractivity (Wildman–Crippen MR) is 98.8 cm³/mol. The Hall–Kier alpha value is -0.870. The van der Waals surface area contributed by atoms with E-state index in [9.17, 15) is 8.42 Å². The monoisotopic (exact) mass is 438 g/mol. The van der Waals surface area contributed by atoms with Crippen molar-refractivity contribution in [3.63, 3.8) is 0 Å². The first kappa shape index (κ1) is 19.2. The highest BCUT2D eigenvalue weighted by atomic mass is 127. The molecule has 0 aliphatic heterocycles. The van der Waals surface area contributed by atoms with Crippen LogP contribution in [-0.2, 0) is 16.4 Å². The minimum atomic E-state index is -3.62. The molecule has 0 atom stereocenters.